The molecule has 0 radical (unpaired) electrons. The van der Waals surface area contributed by atoms with Crippen LogP contribution in [0.25, 0.3) is 0 Å². The predicted octanol–water partition coefficient (Wildman–Crippen LogP) is -0.442. The number of aromatic nitrogens is 5. The number of aryl methyl sites for hydroxylation is 1. The first-order chi connectivity index (χ1) is 11.6. The van der Waals surface area contributed by atoms with Gasteiger partial charge in [-0.1, -0.05) is 0 Å². The van der Waals surface area contributed by atoms with E-state index in [4.69, 9.17) is 4.74 Å². The van der Waals surface area contributed by atoms with Crippen LogP contribution in [-0.4, -0.2) is 68.7 Å². The molecule has 3 heterocycles. The molecule has 0 saturated carbocycles. The summed E-state index contributed by atoms with van der Waals surface area (Å²) in [6.07, 6.45) is 0. The summed E-state index contributed by atoms with van der Waals surface area (Å²) in [5.74, 6) is 0.874. The molecule has 0 unspecified atom stereocenters. The minimum absolute atomic E-state index is 0.0267. The van der Waals surface area contributed by atoms with Gasteiger partial charge in [-0.25, -0.2) is 14.9 Å². The average molecular weight is 333 g/mol. The highest BCUT2D eigenvalue weighted by atomic mass is 16.5. The fourth-order valence-corrected chi connectivity index (χ4v) is 2.52. The van der Waals surface area contributed by atoms with Crippen molar-refractivity contribution in [1.29, 1.82) is 0 Å². The van der Waals surface area contributed by atoms with Crippen LogP contribution in [0.2, 0.25) is 0 Å². The van der Waals surface area contributed by atoms with Crippen LogP contribution in [0.4, 0.5) is 5.95 Å². The van der Waals surface area contributed by atoms with Gasteiger partial charge in [0.2, 0.25) is 17.7 Å². The molecule has 0 aromatic carbocycles. The number of hydrogen-bond donors (Lipinski definition) is 2. The number of aromatic amines is 2. The smallest absolute Gasteiger partial charge is 0.341 e. The van der Waals surface area contributed by atoms with Crippen molar-refractivity contribution >= 4 is 11.9 Å². The molecule has 3 rings (SSSR count). The number of nitrogens with one attached hydrogen (secondary N) is 2. The topological polar surface area (TPSA) is 120 Å². The maximum absolute atomic E-state index is 12.3. The third-order valence-corrected chi connectivity index (χ3v) is 3.66. The molecule has 2 aromatic rings. The molecule has 0 spiro atoms. The number of rotatable bonds is 4. The number of carbonyl (C=O) groups is 1. The molecule has 10 nitrogen and oxygen atoms in total. The van der Waals surface area contributed by atoms with Crippen LogP contribution in [0.1, 0.15) is 23.2 Å². The van der Waals surface area contributed by atoms with Gasteiger partial charge in [-0.05, 0) is 13.8 Å². The van der Waals surface area contributed by atoms with E-state index in [0.717, 1.165) is 5.69 Å². The standard InChI is InChI=1S/C14H19N7O3/c1-3-24-10-8-9(2)15-13(16-10)21-6-4-20(5-7-21)12(22)11-17-14(23)19-18-11/h8H,3-7H2,1-2H3,(H2,17,18,19,23). The zero-order valence-electron chi connectivity index (χ0n) is 13.6. The quantitative estimate of drug-likeness (QED) is 0.778. The van der Waals surface area contributed by atoms with Gasteiger partial charge in [0.05, 0.1) is 6.61 Å². The SMILES string of the molecule is CCOc1cc(C)nc(N2CCN(C(=O)c3n[nH]c(=O)[nH]3)CC2)n1. The van der Waals surface area contributed by atoms with Crippen LogP contribution >= 0.6 is 0 Å². The molecule has 0 atom stereocenters. The van der Waals surface area contributed by atoms with Crippen LogP contribution in [0.3, 0.4) is 0 Å². The van der Waals surface area contributed by atoms with Gasteiger partial charge in [0.1, 0.15) is 0 Å². The minimum atomic E-state index is -0.492. The Hall–Kier alpha value is -2.91. The Kier molecular flexibility index (Phi) is 4.45. The predicted molar refractivity (Wildman–Crippen MR) is 85.3 cm³/mol. The van der Waals surface area contributed by atoms with Crippen molar-refractivity contribution < 1.29 is 9.53 Å². The van der Waals surface area contributed by atoms with Crippen LogP contribution in [0.5, 0.6) is 5.88 Å². The van der Waals surface area contributed by atoms with Gasteiger partial charge in [0.25, 0.3) is 5.91 Å². The van der Waals surface area contributed by atoms with Crippen molar-refractivity contribution in [2.75, 3.05) is 37.7 Å². The second kappa shape index (κ2) is 6.69. The van der Waals surface area contributed by atoms with Crippen molar-refractivity contribution in [3.8, 4) is 5.88 Å². The highest BCUT2D eigenvalue weighted by molar-refractivity contribution is 5.90. The molecule has 10 heteroatoms. The number of amides is 1. The Balaban J connectivity index is 1.66. The van der Waals surface area contributed by atoms with Crippen LogP contribution in [-0.2, 0) is 0 Å². The highest BCUT2D eigenvalue weighted by Gasteiger charge is 2.25. The van der Waals surface area contributed by atoms with E-state index in [1.54, 1.807) is 11.0 Å². The van der Waals surface area contributed by atoms with Crippen molar-refractivity contribution in [2.45, 2.75) is 13.8 Å². The van der Waals surface area contributed by atoms with E-state index >= 15 is 0 Å². The summed E-state index contributed by atoms with van der Waals surface area (Å²) in [7, 11) is 0. The van der Waals surface area contributed by atoms with Gasteiger partial charge >= 0.3 is 5.69 Å². The highest BCUT2D eigenvalue weighted by Crippen LogP contribution is 2.17. The number of anilines is 1. The first kappa shape index (κ1) is 16.0. The van der Waals surface area contributed by atoms with E-state index < -0.39 is 5.69 Å². The normalized spacial score (nSPS) is 14.8. The second-order valence-corrected chi connectivity index (χ2v) is 5.39. The zero-order chi connectivity index (χ0) is 17.1. The third-order valence-electron chi connectivity index (χ3n) is 3.66. The Morgan fingerprint density at radius 1 is 1.29 bits per heavy atom. The number of H-pyrrole nitrogens is 2. The average Bonchev–Trinajstić information content (AvgIpc) is 3.00. The number of nitrogens with zero attached hydrogens (tertiary/aromatic N) is 5. The lowest BCUT2D eigenvalue weighted by atomic mass is 10.3. The summed E-state index contributed by atoms with van der Waals surface area (Å²) >= 11 is 0. The Morgan fingerprint density at radius 3 is 2.67 bits per heavy atom. The van der Waals surface area contributed by atoms with Crippen molar-refractivity contribution in [1.82, 2.24) is 30.0 Å². The molecule has 1 aliphatic rings. The van der Waals surface area contributed by atoms with Gasteiger partial charge in [0, 0.05) is 37.9 Å². The molecule has 1 fully saturated rings. The molecule has 24 heavy (non-hydrogen) atoms. The van der Waals surface area contributed by atoms with E-state index in [9.17, 15) is 9.59 Å². The Labute approximate surface area is 137 Å². The fraction of sp³-hybridized carbons (Fsp3) is 0.500. The summed E-state index contributed by atoms with van der Waals surface area (Å²) < 4.78 is 5.45. The fourth-order valence-electron chi connectivity index (χ4n) is 2.52. The minimum Gasteiger partial charge on any atom is -0.478 e. The number of piperazine rings is 1. The molecular weight excluding hydrogens is 314 g/mol. The molecule has 2 aromatic heterocycles. The number of hydrogen-bond acceptors (Lipinski definition) is 7. The Morgan fingerprint density at radius 2 is 2.04 bits per heavy atom. The lowest BCUT2D eigenvalue weighted by molar-refractivity contribution is 0.0734. The van der Waals surface area contributed by atoms with E-state index in [1.165, 1.54) is 0 Å². The van der Waals surface area contributed by atoms with Crippen LogP contribution in [0, 0.1) is 6.92 Å². The molecule has 0 bridgehead atoms. The summed E-state index contributed by atoms with van der Waals surface area (Å²) in [5, 5.41) is 5.87. The van der Waals surface area contributed by atoms with E-state index in [2.05, 4.69) is 25.1 Å². The molecule has 0 aliphatic carbocycles. The number of carbonyl (C=O) groups excluding carboxylic acids is 1. The summed E-state index contributed by atoms with van der Waals surface area (Å²) in [4.78, 5) is 38.2. The van der Waals surface area contributed by atoms with E-state index in [1.807, 2.05) is 18.7 Å². The lowest BCUT2D eigenvalue weighted by Gasteiger charge is -2.34. The first-order valence-electron chi connectivity index (χ1n) is 7.74. The Bertz CT molecular complexity index is 777. The largest absolute Gasteiger partial charge is 0.478 e. The van der Waals surface area contributed by atoms with Gasteiger partial charge < -0.3 is 14.5 Å². The van der Waals surface area contributed by atoms with Gasteiger partial charge in [-0.2, -0.15) is 4.98 Å². The van der Waals surface area contributed by atoms with Crippen LogP contribution < -0.4 is 15.3 Å². The molecular formula is C14H19N7O3. The first-order valence-corrected chi connectivity index (χ1v) is 7.74. The number of ether oxygens (including phenoxy) is 1. The monoisotopic (exact) mass is 333 g/mol. The maximum Gasteiger partial charge on any atom is 0.341 e. The molecule has 128 valence electrons. The molecule has 1 saturated heterocycles. The van der Waals surface area contributed by atoms with Gasteiger partial charge in [-0.15, -0.1) is 5.10 Å². The van der Waals surface area contributed by atoms with Gasteiger partial charge in [0.15, 0.2) is 0 Å². The third kappa shape index (κ3) is 3.36. The maximum atomic E-state index is 12.3. The van der Waals surface area contributed by atoms with Crippen LogP contribution in [0.15, 0.2) is 10.9 Å². The lowest BCUT2D eigenvalue weighted by Crippen LogP contribution is -2.49. The van der Waals surface area contributed by atoms with Crippen molar-refractivity contribution in [3.63, 3.8) is 0 Å². The van der Waals surface area contributed by atoms with Crippen molar-refractivity contribution in [3.05, 3.63) is 28.1 Å². The summed E-state index contributed by atoms with van der Waals surface area (Å²) in [5.41, 5.74) is 0.338. The van der Waals surface area contributed by atoms with E-state index in [-0.39, 0.29) is 11.7 Å². The van der Waals surface area contributed by atoms with E-state index in [0.29, 0.717) is 44.6 Å². The molecule has 1 aliphatic heterocycles. The zero-order valence-corrected chi connectivity index (χ0v) is 13.6. The second-order valence-electron chi connectivity index (χ2n) is 5.39. The molecule has 1 amide bonds. The van der Waals surface area contributed by atoms with Gasteiger partial charge in [-0.3, -0.25) is 9.78 Å². The molecule has 2 N–H and O–H groups in total. The summed E-state index contributed by atoms with van der Waals surface area (Å²) in [6.45, 7) is 6.51. The van der Waals surface area contributed by atoms with Crippen molar-refractivity contribution in [2.24, 2.45) is 0 Å². The summed E-state index contributed by atoms with van der Waals surface area (Å²) in [6, 6.07) is 1.79.